The van der Waals surface area contributed by atoms with Crippen LogP contribution in [0.15, 0.2) is 66.7 Å². The standard InChI is InChI=1S/C39H43N5O6/c1-39(2,3)50-38(49)41-21-20-32(36(47)42-31-17-16-25-14-9-15-29(25)30(31)23-40)43-37(48)33-22-27-12-7-8-13-28(27)24-44(33)35(46)19-18-34(45)26-10-5-4-6-11-26/h4-8,10-13,16-17,32-33H,9,14-15,18-22,24H2,1-3H3,(H,41,49)(H,42,47)(H,43,48)/t32-,33-/m0/s1. The smallest absolute Gasteiger partial charge is 0.407 e. The van der Waals surface area contributed by atoms with Crippen molar-refractivity contribution < 1.29 is 28.7 Å². The minimum Gasteiger partial charge on any atom is -0.444 e. The Labute approximate surface area is 292 Å². The molecule has 260 valence electrons. The lowest BCUT2D eigenvalue weighted by atomic mass is 9.92. The highest BCUT2D eigenvalue weighted by atomic mass is 16.6. The predicted octanol–water partition coefficient (Wildman–Crippen LogP) is 5.00. The number of hydrogen-bond donors (Lipinski definition) is 3. The number of nitrogens with one attached hydrogen (secondary N) is 3. The second-order valence-electron chi connectivity index (χ2n) is 13.7. The topological polar surface area (TPSA) is 158 Å². The first-order chi connectivity index (χ1) is 23.9. The lowest BCUT2D eigenvalue weighted by Gasteiger charge is -2.37. The maximum absolute atomic E-state index is 14.1. The van der Waals surface area contributed by atoms with Crippen molar-refractivity contribution >= 4 is 35.3 Å². The highest BCUT2D eigenvalue weighted by Crippen LogP contribution is 2.30. The highest BCUT2D eigenvalue weighted by Gasteiger charge is 2.36. The number of nitriles is 1. The van der Waals surface area contributed by atoms with Crippen LogP contribution in [0, 0.1) is 11.3 Å². The molecule has 0 aromatic heterocycles. The molecule has 0 spiro atoms. The summed E-state index contributed by atoms with van der Waals surface area (Å²) in [4.78, 5) is 68.2. The van der Waals surface area contributed by atoms with Crippen molar-refractivity contribution in [1.29, 1.82) is 5.26 Å². The number of Topliss-reactive ketones (excluding diaryl/α,β-unsaturated/α-hetero) is 1. The third-order valence-corrected chi connectivity index (χ3v) is 8.92. The van der Waals surface area contributed by atoms with E-state index in [1.807, 2.05) is 36.4 Å². The number of anilines is 1. The predicted molar refractivity (Wildman–Crippen MR) is 187 cm³/mol. The van der Waals surface area contributed by atoms with Crippen LogP contribution in [-0.4, -0.2) is 58.7 Å². The van der Waals surface area contributed by atoms with Gasteiger partial charge in [0.1, 0.15) is 23.8 Å². The van der Waals surface area contributed by atoms with Crippen molar-refractivity contribution in [2.24, 2.45) is 0 Å². The van der Waals surface area contributed by atoms with Gasteiger partial charge >= 0.3 is 6.09 Å². The maximum Gasteiger partial charge on any atom is 0.407 e. The molecule has 2 aliphatic rings. The normalized spacial score (nSPS) is 15.5. The molecule has 50 heavy (non-hydrogen) atoms. The van der Waals surface area contributed by atoms with Gasteiger partial charge in [-0.1, -0.05) is 60.7 Å². The fraction of sp³-hybridized carbons (Fsp3) is 0.385. The lowest BCUT2D eigenvalue weighted by Crippen LogP contribution is -2.56. The number of ketones is 1. The summed E-state index contributed by atoms with van der Waals surface area (Å²) in [5.41, 5.74) is 4.33. The average Bonchev–Trinajstić information content (AvgIpc) is 3.58. The van der Waals surface area contributed by atoms with Crippen LogP contribution in [0.4, 0.5) is 10.5 Å². The van der Waals surface area contributed by atoms with Gasteiger partial charge in [0, 0.05) is 37.9 Å². The largest absolute Gasteiger partial charge is 0.444 e. The molecule has 11 nitrogen and oxygen atoms in total. The van der Waals surface area contributed by atoms with Gasteiger partial charge in [-0.3, -0.25) is 19.2 Å². The van der Waals surface area contributed by atoms with Crippen LogP contribution in [0.5, 0.6) is 0 Å². The molecule has 0 saturated carbocycles. The van der Waals surface area contributed by atoms with Crippen molar-refractivity contribution in [1.82, 2.24) is 15.5 Å². The van der Waals surface area contributed by atoms with Crippen molar-refractivity contribution in [3.8, 4) is 6.07 Å². The zero-order valence-electron chi connectivity index (χ0n) is 28.7. The summed E-state index contributed by atoms with van der Waals surface area (Å²) in [6.07, 6.45) is 1.99. The summed E-state index contributed by atoms with van der Waals surface area (Å²) in [5, 5.41) is 18.3. The van der Waals surface area contributed by atoms with Gasteiger partial charge in [0.05, 0.1) is 11.3 Å². The summed E-state index contributed by atoms with van der Waals surface area (Å²) in [6.45, 7) is 5.38. The van der Waals surface area contributed by atoms with E-state index in [-0.39, 0.29) is 50.5 Å². The minimum atomic E-state index is -1.13. The molecule has 0 unspecified atom stereocenters. The maximum atomic E-state index is 14.1. The Morgan fingerprint density at radius 3 is 2.36 bits per heavy atom. The van der Waals surface area contributed by atoms with Gasteiger partial charge in [0.2, 0.25) is 17.7 Å². The molecule has 0 fully saturated rings. The minimum absolute atomic E-state index is 0.000315. The van der Waals surface area contributed by atoms with Crippen LogP contribution >= 0.6 is 0 Å². The Morgan fingerprint density at radius 2 is 1.64 bits per heavy atom. The number of amides is 4. The van der Waals surface area contributed by atoms with Crippen LogP contribution < -0.4 is 16.0 Å². The molecule has 5 rings (SSSR count). The zero-order chi connectivity index (χ0) is 35.8. The molecule has 3 aromatic rings. The monoisotopic (exact) mass is 677 g/mol. The molecular formula is C39H43N5O6. The summed E-state index contributed by atoms with van der Waals surface area (Å²) >= 11 is 0. The molecule has 0 radical (unpaired) electrons. The van der Waals surface area contributed by atoms with Crippen LogP contribution in [0.3, 0.4) is 0 Å². The van der Waals surface area contributed by atoms with Crippen molar-refractivity contribution in [3.63, 3.8) is 0 Å². The molecular weight excluding hydrogens is 634 g/mol. The Hall–Kier alpha value is -5.50. The number of alkyl carbamates (subject to hydrolysis) is 1. The van der Waals surface area contributed by atoms with Crippen LogP contribution in [0.1, 0.15) is 84.6 Å². The molecule has 1 heterocycles. The van der Waals surface area contributed by atoms with E-state index in [4.69, 9.17) is 4.74 Å². The van der Waals surface area contributed by atoms with Crippen LogP contribution in [0.25, 0.3) is 0 Å². The first-order valence-electron chi connectivity index (χ1n) is 17.0. The molecule has 2 atom stereocenters. The molecule has 0 saturated heterocycles. The van der Waals surface area contributed by atoms with E-state index in [2.05, 4.69) is 22.0 Å². The third-order valence-electron chi connectivity index (χ3n) is 8.92. The van der Waals surface area contributed by atoms with E-state index in [1.165, 1.54) is 4.90 Å². The average molecular weight is 678 g/mol. The fourth-order valence-electron chi connectivity index (χ4n) is 6.44. The molecule has 11 heteroatoms. The van der Waals surface area contributed by atoms with Crippen molar-refractivity contribution in [2.45, 2.75) is 89.9 Å². The zero-order valence-corrected chi connectivity index (χ0v) is 28.7. The van der Waals surface area contributed by atoms with E-state index < -0.39 is 35.6 Å². The van der Waals surface area contributed by atoms with Gasteiger partial charge in [0.15, 0.2) is 5.78 Å². The molecule has 4 amide bonds. The molecule has 1 aliphatic carbocycles. The third kappa shape index (κ3) is 8.94. The number of fused-ring (bicyclic) bond motifs is 2. The van der Waals surface area contributed by atoms with Crippen LogP contribution in [0.2, 0.25) is 0 Å². The fourth-order valence-corrected chi connectivity index (χ4v) is 6.44. The first kappa shape index (κ1) is 35.8. The summed E-state index contributed by atoms with van der Waals surface area (Å²) in [6, 6.07) is 20.0. The number of carbonyl (C=O) groups is 5. The Morgan fingerprint density at radius 1 is 0.920 bits per heavy atom. The Kier molecular flexibility index (Phi) is 11.3. The van der Waals surface area contributed by atoms with Gasteiger partial charge in [0.25, 0.3) is 0 Å². The number of ether oxygens (including phenoxy) is 1. The Balaban J connectivity index is 1.35. The quantitative estimate of drug-likeness (QED) is 0.241. The number of rotatable bonds is 11. The Bertz CT molecular complexity index is 1810. The van der Waals surface area contributed by atoms with Gasteiger partial charge < -0.3 is 25.6 Å². The number of aryl methyl sites for hydroxylation is 1. The highest BCUT2D eigenvalue weighted by molar-refractivity contribution is 6.00. The summed E-state index contributed by atoms with van der Waals surface area (Å²) in [7, 11) is 0. The number of nitrogens with zero attached hydrogens (tertiary/aromatic N) is 2. The van der Waals surface area contributed by atoms with E-state index in [9.17, 15) is 29.2 Å². The van der Waals surface area contributed by atoms with E-state index in [1.54, 1.807) is 51.1 Å². The van der Waals surface area contributed by atoms with E-state index in [0.29, 0.717) is 16.8 Å². The SMILES string of the molecule is CC(C)(C)OC(=O)NCC[C@H](NC(=O)[C@@H]1Cc2ccccc2CN1C(=O)CCC(=O)c1ccccc1)C(=O)Nc1ccc2c(c1C#N)CCC2. The van der Waals surface area contributed by atoms with Crippen molar-refractivity contribution in [2.75, 3.05) is 11.9 Å². The van der Waals surface area contributed by atoms with Crippen molar-refractivity contribution in [3.05, 3.63) is 100 Å². The molecule has 1 aliphatic heterocycles. The summed E-state index contributed by atoms with van der Waals surface area (Å²) in [5.74, 6) is -1.64. The molecule has 0 bridgehead atoms. The first-order valence-corrected chi connectivity index (χ1v) is 17.0. The molecule has 3 aromatic carbocycles. The number of carbonyl (C=O) groups excluding carboxylic acids is 5. The van der Waals surface area contributed by atoms with E-state index in [0.717, 1.165) is 41.5 Å². The van der Waals surface area contributed by atoms with Gasteiger partial charge in [-0.25, -0.2) is 4.79 Å². The number of benzene rings is 3. The van der Waals surface area contributed by atoms with Gasteiger partial charge in [-0.05, 0) is 74.8 Å². The lowest BCUT2D eigenvalue weighted by molar-refractivity contribution is -0.142. The number of hydrogen-bond acceptors (Lipinski definition) is 7. The molecule has 3 N–H and O–H groups in total. The summed E-state index contributed by atoms with van der Waals surface area (Å²) < 4.78 is 5.32. The van der Waals surface area contributed by atoms with Gasteiger partial charge in [-0.15, -0.1) is 0 Å². The van der Waals surface area contributed by atoms with Crippen LogP contribution in [-0.2, 0) is 44.9 Å². The van der Waals surface area contributed by atoms with E-state index >= 15 is 0 Å². The van der Waals surface area contributed by atoms with Gasteiger partial charge in [-0.2, -0.15) is 5.26 Å². The second kappa shape index (κ2) is 15.8. The second-order valence-corrected chi connectivity index (χ2v) is 13.7.